The van der Waals surface area contributed by atoms with Gasteiger partial charge in [0.1, 0.15) is 0 Å². The Kier molecular flexibility index (Phi) is 3.32. The Morgan fingerprint density at radius 3 is 2.70 bits per heavy atom. The molecular weight excluding hydrogens is 282 g/mol. The second kappa shape index (κ2) is 3.82. The van der Waals surface area contributed by atoms with Gasteiger partial charge in [0.05, 0.1) is 10.3 Å². The maximum Gasteiger partial charge on any atom is 0.0843 e. The molecule has 0 unspecified atom stereocenters. The van der Waals surface area contributed by atoms with Gasteiger partial charge < -0.3 is 5.21 Å². The van der Waals surface area contributed by atoms with E-state index in [0.29, 0.717) is 6.54 Å². The van der Waals surface area contributed by atoms with Crippen molar-refractivity contribution >= 4 is 43.2 Å². The molecule has 10 heavy (non-hydrogen) atoms. The van der Waals surface area contributed by atoms with Gasteiger partial charge in [0.15, 0.2) is 0 Å². The zero-order valence-electron chi connectivity index (χ0n) is 4.90. The monoisotopic (exact) mass is 285 g/mol. The Labute approximate surface area is 79.5 Å². The molecule has 0 saturated carbocycles. The summed E-state index contributed by atoms with van der Waals surface area (Å²) in [6, 6.07) is 1.96. The zero-order valence-corrected chi connectivity index (χ0v) is 8.88. The minimum Gasteiger partial charge on any atom is -0.316 e. The van der Waals surface area contributed by atoms with Crippen LogP contribution in [0.15, 0.2) is 14.3 Å². The fourth-order valence-corrected chi connectivity index (χ4v) is 2.67. The number of hydrogen-bond acceptors (Lipinski definition) is 3. The van der Waals surface area contributed by atoms with Crippen LogP contribution in [-0.2, 0) is 6.54 Å². The highest BCUT2D eigenvalue weighted by molar-refractivity contribution is 9.13. The van der Waals surface area contributed by atoms with E-state index in [4.69, 9.17) is 5.21 Å². The predicted octanol–water partition coefficient (Wildman–Crippen LogP) is 2.75. The lowest BCUT2D eigenvalue weighted by atomic mass is 10.5. The molecule has 5 heteroatoms. The van der Waals surface area contributed by atoms with Gasteiger partial charge in [0.25, 0.3) is 0 Å². The van der Waals surface area contributed by atoms with Crippen molar-refractivity contribution in [2.45, 2.75) is 6.54 Å². The Morgan fingerprint density at radius 1 is 1.60 bits per heavy atom. The van der Waals surface area contributed by atoms with E-state index in [2.05, 4.69) is 37.3 Å². The Morgan fingerprint density at radius 2 is 2.30 bits per heavy atom. The molecule has 0 saturated heterocycles. The third-order valence-corrected chi connectivity index (χ3v) is 4.21. The molecule has 56 valence electrons. The maximum atomic E-state index is 8.35. The van der Waals surface area contributed by atoms with Crippen molar-refractivity contribution in [1.82, 2.24) is 5.48 Å². The average Bonchev–Trinajstić information content (AvgIpc) is 2.14. The predicted molar refractivity (Wildman–Crippen MR) is 48.3 cm³/mol. The van der Waals surface area contributed by atoms with Crippen molar-refractivity contribution < 1.29 is 5.21 Å². The first-order chi connectivity index (χ1) is 4.74. The van der Waals surface area contributed by atoms with Gasteiger partial charge in [0, 0.05) is 9.35 Å². The van der Waals surface area contributed by atoms with E-state index in [9.17, 15) is 0 Å². The number of rotatable bonds is 2. The van der Waals surface area contributed by atoms with Gasteiger partial charge in [-0.3, -0.25) is 0 Å². The largest absolute Gasteiger partial charge is 0.316 e. The van der Waals surface area contributed by atoms with E-state index in [-0.39, 0.29) is 0 Å². The number of nitrogens with one attached hydrogen (secondary N) is 1. The van der Waals surface area contributed by atoms with E-state index in [0.717, 1.165) is 13.1 Å². The molecule has 0 spiro atoms. The number of hydroxylamine groups is 1. The lowest BCUT2D eigenvalue weighted by Crippen LogP contribution is -2.03. The van der Waals surface area contributed by atoms with Gasteiger partial charge in [-0.25, -0.2) is 5.48 Å². The van der Waals surface area contributed by atoms with Crippen LogP contribution in [0.2, 0.25) is 0 Å². The molecule has 0 amide bonds. The van der Waals surface area contributed by atoms with Gasteiger partial charge >= 0.3 is 0 Å². The molecule has 1 rings (SSSR count). The van der Waals surface area contributed by atoms with E-state index in [1.807, 2.05) is 6.07 Å². The fourth-order valence-electron chi connectivity index (χ4n) is 0.556. The van der Waals surface area contributed by atoms with Crippen LogP contribution in [0.25, 0.3) is 0 Å². The molecule has 0 aliphatic carbocycles. The van der Waals surface area contributed by atoms with Crippen LogP contribution in [-0.4, -0.2) is 5.21 Å². The van der Waals surface area contributed by atoms with Crippen molar-refractivity contribution in [2.24, 2.45) is 0 Å². The fraction of sp³-hybridized carbons (Fsp3) is 0.200. The topological polar surface area (TPSA) is 32.3 Å². The molecule has 0 atom stereocenters. The molecule has 0 bridgehead atoms. The third-order valence-electron chi connectivity index (χ3n) is 0.949. The normalized spacial score (nSPS) is 10.3. The molecule has 1 heterocycles. The van der Waals surface area contributed by atoms with Crippen molar-refractivity contribution in [3.8, 4) is 0 Å². The van der Waals surface area contributed by atoms with Crippen LogP contribution in [0.5, 0.6) is 0 Å². The first-order valence-electron chi connectivity index (χ1n) is 2.54. The van der Waals surface area contributed by atoms with Crippen LogP contribution in [0, 0.1) is 0 Å². The van der Waals surface area contributed by atoms with Crippen LogP contribution >= 0.6 is 43.2 Å². The Bertz CT molecular complexity index is 206. The SMILES string of the molecule is ONCc1cc(Br)c(Br)s1. The maximum absolute atomic E-state index is 8.35. The van der Waals surface area contributed by atoms with E-state index >= 15 is 0 Å². The standard InChI is InChI=1S/C5H5Br2NOS/c6-4-1-3(2-8-9)10-5(4)7/h1,8-9H,2H2. The number of hydrogen-bond donors (Lipinski definition) is 2. The summed E-state index contributed by atoms with van der Waals surface area (Å²) in [6.07, 6.45) is 0. The minimum absolute atomic E-state index is 0.495. The van der Waals surface area contributed by atoms with Crippen molar-refractivity contribution in [1.29, 1.82) is 0 Å². The minimum atomic E-state index is 0.495. The first kappa shape index (κ1) is 8.67. The van der Waals surface area contributed by atoms with Gasteiger partial charge in [-0.15, -0.1) is 11.3 Å². The molecule has 1 aromatic rings. The molecule has 0 aliphatic rings. The highest BCUT2D eigenvalue weighted by Gasteiger charge is 2.01. The molecule has 2 N–H and O–H groups in total. The van der Waals surface area contributed by atoms with Crippen molar-refractivity contribution in [2.75, 3.05) is 0 Å². The van der Waals surface area contributed by atoms with Crippen LogP contribution in [0.4, 0.5) is 0 Å². The smallest absolute Gasteiger partial charge is 0.0843 e. The van der Waals surface area contributed by atoms with Crippen LogP contribution < -0.4 is 5.48 Å². The Balaban J connectivity index is 2.77. The lowest BCUT2D eigenvalue weighted by molar-refractivity contribution is 0.162. The number of thiophene rings is 1. The summed E-state index contributed by atoms with van der Waals surface area (Å²) in [6.45, 7) is 0.495. The first-order valence-corrected chi connectivity index (χ1v) is 4.95. The second-order valence-electron chi connectivity index (χ2n) is 1.67. The summed E-state index contributed by atoms with van der Waals surface area (Å²) in [5, 5.41) is 8.35. The molecule has 0 aromatic carbocycles. The highest BCUT2D eigenvalue weighted by Crippen LogP contribution is 2.32. The van der Waals surface area contributed by atoms with Gasteiger partial charge in [-0.05, 0) is 37.9 Å². The summed E-state index contributed by atoms with van der Waals surface area (Å²) in [7, 11) is 0. The molecular formula is C5H5Br2NOS. The van der Waals surface area contributed by atoms with Gasteiger partial charge in [-0.2, -0.15) is 0 Å². The third kappa shape index (κ3) is 2.03. The molecule has 1 aromatic heterocycles. The summed E-state index contributed by atoms with van der Waals surface area (Å²) in [4.78, 5) is 1.08. The van der Waals surface area contributed by atoms with Gasteiger partial charge in [-0.1, -0.05) is 0 Å². The number of halogens is 2. The zero-order chi connectivity index (χ0) is 7.56. The van der Waals surface area contributed by atoms with Crippen LogP contribution in [0.1, 0.15) is 4.88 Å². The van der Waals surface area contributed by atoms with E-state index < -0.39 is 0 Å². The highest BCUT2D eigenvalue weighted by atomic mass is 79.9. The van der Waals surface area contributed by atoms with Crippen LogP contribution in [0.3, 0.4) is 0 Å². The lowest BCUT2D eigenvalue weighted by Gasteiger charge is -1.88. The average molecular weight is 287 g/mol. The molecule has 0 fully saturated rings. The van der Waals surface area contributed by atoms with E-state index in [1.54, 1.807) is 11.3 Å². The van der Waals surface area contributed by atoms with Crippen molar-refractivity contribution in [3.63, 3.8) is 0 Å². The quantitative estimate of drug-likeness (QED) is 0.820. The molecule has 2 nitrogen and oxygen atoms in total. The Hall–Kier alpha value is 0.580. The molecule has 0 radical (unpaired) electrons. The molecule has 0 aliphatic heterocycles. The summed E-state index contributed by atoms with van der Waals surface area (Å²) in [5.74, 6) is 0. The summed E-state index contributed by atoms with van der Waals surface area (Å²) >= 11 is 8.27. The summed E-state index contributed by atoms with van der Waals surface area (Å²) < 4.78 is 2.08. The summed E-state index contributed by atoms with van der Waals surface area (Å²) in [5.41, 5.74) is 2.09. The van der Waals surface area contributed by atoms with Gasteiger partial charge in [0.2, 0.25) is 0 Å². The second-order valence-corrected chi connectivity index (χ2v) is 4.98. The van der Waals surface area contributed by atoms with E-state index in [1.165, 1.54) is 0 Å². The van der Waals surface area contributed by atoms with Crippen molar-refractivity contribution in [3.05, 3.63) is 19.2 Å².